The Labute approximate surface area is 174 Å². The fourth-order valence-corrected chi connectivity index (χ4v) is 4.24. The molecule has 1 fully saturated rings. The van der Waals surface area contributed by atoms with Gasteiger partial charge >= 0.3 is 6.09 Å². The lowest BCUT2D eigenvalue weighted by Gasteiger charge is -2.34. The topological polar surface area (TPSA) is 71.8 Å². The molecule has 1 aliphatic rings. The zero-order valence-electron chi connectivity index (χ0n) is 17.3. The van der Waals surface area contributed by atoms with Crippen molar-refractivity contribution in [3.8, 4) is 0 Å². The van der Waals surface area contributed by atoms with Crippen molar-refractivity contribution in [1.82, 2.24) is 19.3 Å². The van der Waals surface area contributed by atoms with E-state index in [0.717, 1.165) is 46.4 Å². The van der Waals surface area contributed by atoms with Crippen LogP contribution in [0, 0.1) is 6.92 Å². The number of likely N-dealkylation sites (tertiary alicyclic amines) is 1. The van der Waals surface area contributed by atoms with Crippen molar-refractivity contribution in [2.75, 3.05) is 18.4 Å². The lowest BCUT2D eigenvalue weighted by atomic mass is 9.95. The molecule has 1 N–H and O–H groups in total. The summed E-state index contributed by atoms with van der Waals surface area (Å²) in [5.74, 6) is 0.956. The fourth-order valence-electron chi connectivity index (χ4n) is 3.58. The summed E-state index contributed by atoms with van der Waals surface area (Å²) < 4.78 is 7.65. The van der Waals surface area contributed by atoms with Crippen molar-refractivity contribution in [2.45, 2.75) is 52.1 Å². The lowest BCUT2D eigenvalue weighted by Crippen LogP contribution is -2.42. The van der Waals surface area contributed by atoms with Gasteiger partial charge in [0.1, 0.15) is 5.60 Å². The molecule has 3 aromatic heterocycles. The first-order chi connectivity index (χ1) is 13.8. The van der Waals surface area contributed by atoms with Crippen molar-refractivity contribution in [1.29, 1.82) is 0 Å². The number of hydrogen-bond acceptors (Lipinski definition) is 6. The maximum atomic E-state index is 12.5. The molecule has 0 spiro atoms. The zero-order valence-corrected chi connectivity index (χ0v) is 18.1. The largest absolute Gasteiger partial charge is 0.444 e. The smallest absolute Gasteiger partial charge is 0.410 e. The summed E-state index contributed by atoms with van der Waals surface area (Å²) >= 11 is 1.60. The van der Waals surface area contributed by atoms with Gasteiger partial charge in [0.25, 0.3) is 0 Å². The van der Waals surface area contributed by atoms with Gasteiger partial charge in [-0.25, -0.2) is 14.8 Å². The van der Waals surface area contributed by atoms with Crippen LogP contribution in [0.15, 0.2) is 30.7 Å². The molecule has 4 heterocycles. The molecule has 0 aliphatic carbocycles. The summed E-state index contributed by atoms with van der Waals surface area (Å²) in [6.45, 7) is 9.06. The van der Waals surface area contributed by atoms with Gasteiger partial charge in [0.15, 0.2) is 10.9 Å². The summed E-state index contributed by atoms with van der Waals surface area (Å²) in [4.78, 5) is 24.8. The highest BCUT2D eigenvalue weighted by Gasteiger charge is 2.29. The summed E-state index contributed by atoms with van der Waals surface area (Å²) in [6.07, 6.45) is 7.62. The predicted molar refractivity (Wildman–Crippen MR) is 115 cm³/mol. The third kappa shape index (κ3) is 4.53. The minimum Gasteiger partial charge on any atom is -0.444 e. The molecule has 1 amide bonds. The highest BCUT2D eigenvalue weighted by molar-refractivity contribution is 7.15. The van der Waals surface area contributed by atoms with Crippen LogP contribution in [-0.2, 0) is 4.74 Å². The molecular weight excluding hydrogens is 386 g/mol. The van der Waals surface area contributed by atoms with Crippen LogP contribution in [0.1, 0.15) is 50.1 Å². The number of anilines is 2. The minimum atomic E-state index is -0.491. The van der Waals surface area contributed by atoms with Crippen LogP contribution in [-0.4, -0.2) is 44.1 Å². The average molecular weight is 414 g/mol. The van der Waals surface area contributed by atoms with E-state index in [1.165, 1.54) is 0 Å². The van der Waals surface area contributed by atoms with Crippen LogP contribution in [0.3, 0.4) is 0 Å². The van der Waals surface area contributed by atoms with E-state index in [2.05, 4.69) is 20.9 Å². The molecule has 1 atom stereocenters. The molecule has 8 heteroatoms. The Hall–Kier alpha value is -2.61. The number of fused-ring (bicyclic) bond motifs is 1. The quantitative estimate of drug-likeness (QED) is 0.657. The third-order valence-corrected chi connectivity index (χ3v) is 5.70. The SMILES string of the molecule is Cc1cnc(Nc2nc([C@@H]3CCCN(C(=O)OC(C)(C)C)C3)cn3cccc23)s1. The van der Waals surface area contributed by atoms with E-state index in [9.17, 15) is 4.79 Å². The van der Waals surface area contributed by atoms with Gasteiger partial charge in [-0.3, -0.25) is 0 Å². The molecule has 1 saturated heterocycles. The van der Waals surface area contributed by atoms with Crippen LogP contribution >= 0.6 is 11.3 Å². The number of nitrogens with one attached hydrogen (secondary N) is 1. The van der Waals surface area contributed by atoms with Crippen molar-refractivity contribution < 1.29 is 9.53 Å². The van der Waals surface area contributed by atoms with Crippen molar-refractivity contribution >= 4 is 33.9 Å². The van der Waals surface area contributed by atoms with E-state index in [1.54, 1.807) is 16.2 Å². The zero-order chi connectivity index (χ0) is 20.6. The molecule has 0 saturated carbocycles. The van der Waals surface area contributed by atoms with Gasteiger partial charge in [0.05, 0.1) is 11.2 Å². The second-order valence-corrected chi connectivity index (χ2v) is 9.72. The fraction of sp³-hybridized carbons (Fsp3) is 0.476. The Morgan fingerprint density at radius 1 is 1.38 bits per heavy atom. The highest BCUT2D eigenvalue weighted by atomic mass is 32.1. The van der Waals surface area contributed by atoms with E-state index >= 15 is 0 Å². The van der Waals surface area contributed by atoms with Crippen LogP contribution in [0.5, 0.6) is 0 Å². The van der Waals surface area contributed by atoms with Gasteiger partial charge in [-0.15, -0.1) is 11.3 Å². The maximum absolute atomic E-state index is 12.5. The summed E-state index contributed by atoms with van der Waals surface area (Å²) in [7, 11) is 0. The molecule has 154 valence electrons. The van der Waals surface area contributed by atoms with Crippen molar-refractivity contribution in [2.24, 2.45) is 0 Å². The number of thiazole rings is 1. The molecule has 0 bridgehead atoms. The van der Waals surface area contributed by atoms with Crippen LogP contribution in [0.2, 0.25) is 0 Å². The van der Waals surface area contributed by atoms with Crippen molar-refractivity contribution in [3.63, 3.8) is 0 Å². The van der Waals surface area contributed by atoms with Crippen LogP contribution < -0.4 is 5.32 Å². The van der Waals surface area contributed by atoms with Gasteiger partial charge in [-0.1, -0.05) is 0 Å². The Morgan fingerprint density at radius 2 is 2.21 bits per heavy atom. The van der Waals surface area contributed by atoms with E-state index < -0.39 is 5.60 Å². The number of piperidine rings is 1. The Bertz CT molecular complexity index is 1020. The van der Waals surface area contributed by atoms with Crippen molar-refractivity contribution in [3.05, 3.63) is 41.3 Å². The Balaban J connectivity index is 1.59. The first-order valence-electron chi connectivity index (χ1n) is 9.93. The number of carbonyl (C=O) groups excluding carboxylic acids is 1. The molecule has 0 unspecified atom stereocenters. The highest BCUT2D eigenvalue weighted by Crippen LogP contribution is 2.30. The van der Waals surface area contributed by atoms with E-state index in [4.69, 9.17) is 9.72 Å². The van der Waals surface area contributed by atoms with Gasteiger partial charge in [-0.2, -0.15) is 0 Å². The maximum Gasteiger partial charge on any atom is 0.410 e. The monoisotopic (exact) mass is 413 g/mol. The van der Waals surface area contributed by atoms with Gasteiger partial charge in [0, 0.05) is 42.5 Å². The molecule has 4 rings (SSSR count). The van der Waals surface area contributed by atoms with E-state index in [0.29, 0.717) is 6.54 Å². The number of rotatable bonds is 3. The number of nitrogens with zero attached hydrogens (tertiary/aromatic N) is 4. The lowest BCUT2D eigenvalue weighted by molar-refractivity contribution is 0.0197. The molecule has 7 nitrogen and oxygen atoms in total. The molecule has 0 aromatic carbocycles. The van der Waals surface area contributed by atoms with Gasteiger partial charge in [-0.05, 0) is 52.7 Å². The number of amides is 1. The number of aromatic nitrogens is 3. The normalized spacial score (nSPS) is 17.5. The molecule has 3 aromatic rings. The standard InChI is InChI=1S/C21H27N5O2S/c1-14-11-22-19(29-14)24-18-17-8-6-9-25(17)13-16(23-18)15-7-5-10-26(12-15)20(27)28-21(2,3)4/h6,8-9,11,13,15H,5,7,10,12H2,1-4H3,(H,22,23,24)/t15-/m1/s1. The number of hydrogen-bond donors (Lipinski definition) is 1. The molecular formula is C21H27N5O2S. The summed E-state index contributed by atoms with van der Waals surface area (Å²) in [6, 6.07) is 4.04. The summed E-state index contributed by atoms with van der Waals surface area (Å²) in [5, 5.41) is 4.20. The first-order valence-corrected chi connectivity index (χ1v) is 10.8. The molecule has 0 radical (unpaired) electrons. The second kappa shape index (κ2) is 7.67. The van der Waals surface area contributed by atoms with Crippen LogP contribution in [0.25, 0.3) is 5.52 Å². The number of ether oxygens (including phenoxy) is 1. The van der Waals surface area contributed by atoms with E-state index in [-0.39, 0.29) is 12.0 Å². The first kappa shape index (κ1) is 19.7. The molecule has 29 heavy (non-hydrogen) atoms. The second-order valence-electron chi connectivity index (χ2n) is 8.48. The summed E-state index contributed by atoms with van der Waals surface area (Å²) in [5.41, 5.74) is 1.48. The Kier molecular flexibility index (Phi) is 5.21. The Morgan fingerprint density at radius 3 is 2.93 bits per heavy atom. The number of carbonyl (C=O) groups is 1. The van der Waals surface area contributed by atoms with E-state index in [1.807, 2.05) is 52.2 Å². The number of aryl methyl sites for hydroxylation is 1. The molecule has 1 aliphatic heterocycles. The minimum absolute atomic E-state index is 0.168. The average Bonchev–Trinajstić information content (AvgIpc) is 3.29. The van der Waals surface area contributed by atoms with Crippen LogP contribution in [0.4, 0.5) is 15.7 Å². The predicted octanol–water partition coefficient (Wildman–Crippen LogP) is 4.96. The van der Waals surface area contributed by atoms with Gasteiger partial charge in [0.2, 0.25) is 0 Å². The van der Waals surface area contributed by atoms with Gasteiger partial charge < -0.3 is 19.4 Å². The third-order valence-electron chi connectivity index (χ3n) is 4.87.